The van der Waals surface area contributed by atoms with Crippen molar-refractivity contribution in [3.63, 3.8) is 0 Å². The minimum absolute atomic E-state index is 0.0135. The number of fused-ring (bicyclic) bond motifs is 2. The molecule has 9 nitrogen and oxygen atoms in total. The van der Waals surface area contributed by atoms with Gasteiger partial charge in [-0.05, 0) is 24.6 Å². The van der Waals surface area contributed by atoms with Gasteiger partial charge in [-0.25, -0.2) is 9.18 Å². The summed E-state index contributed by atoms with van der Waals surface area (Å²) in [6.07, 6.45) is 1.24. The van der Waals surface area contributed by atoms with Gasteiger partial charge in [0.15, 0.2) is 11.5 Å². The lowest BCUT2D eigenvalue weighted by Gasteiger charge is -2.30. The van der Waals surface area contributed by atoms with Gasteiger partial charge in [0, 0.05) is 12.3 Å². The molecular formula is C20H18FN5O4. The largest absolute Gasteiger partial charge is 0.486 e. The number of nitriles is 1. The lowest BCUT2D eigenvalue weighted by molar-refractivity contribution is -0.122. The molecule has 0 fully saturated rings. The van der Waals surface area contributed by atoms with Crippen molar-refractivity contribution in [2.75, 3.05) is 25.1 Å². The van der Waals surface area contributed by atoms with E-state index in [1.807, 2.05) is 0 Å². The number of pyridine rings is 1. The Balaban J connectivity index is 1.42. The van der Waals surface area contributed by atoms with Crippen LogP contribution in [0.15, 0.2) is 24.4 Å². The lowest BCUT2D eigenvalue weighted by atomic mass is 10.1. The predicted molar refractivity (Wildman–Crippen MR) is 102 cm³/mol. The summed E-state index contributed by atoms with van der Waals surface area (Å²) >= 11 is 0. The Labute approximate surface area is 171 Å². The van der Waals surface area contributed by atoms with Gasteiger partial charge in [0.1, 0.15) is 31.6 Å². The smallest absolute Gasteiger partial charge is 0.322 e. The first kappa shape index (κ1) is 19.4. The molecule has 1 aromatic carbocycles. The van der Waals surface area contributed by atoms with Gasteiger partial charge in [-0.15, -0.1) is 0 Å². The van der Waals surface area contributed by atoms with Crippen molar-refractivity contribution in [3.05, 3.63) is 47.0 Å². The highest BCUT2D eigenvalue weighted by Gasteiger charge is 2.28. The van der Waals surface area contributed by atoms with Gasteiger partial charge in [0.05, 0.1) is 29.5 Å². The van der Waals surface area contributed by atoms with Crippen LogP contribution in [0.25, 0.3) is 0 Å². The Morgan fingerprint density at radius 2 is 2.10 bits per heavy atom. The molecule has 0 spiro atoms. The van der Waals surface area contributed by atoms with Crippen molar-refractivity contribution in [1.29, 1.82) is 5.26 Å². The number of aromatic nitrogens is 1. The highest BCUT2D eigenvalue weighted by Crippen LogP contribution is 2.37. The molecule has 154 valence electrons. The number of nitrogens with zero attached hydrogens (tertiary/aromatic N) is 3. The molecule has 2 N–H and O–H groups in total. The molecule has 10 heteroatoms. The Morgan fingerprint density at radius 3 is 2.80 bits per heavy atom. The second-order valence-corrected chi connectivity index (χ2v) is 6.93. The fourth-order valence-corrected chi connectivity index (χ4v) is 3.33. The number of hydrogen-bond donors (Lipinski definition) is 2. The molecule has 0 bridgehead atoms. The van der Waals surface area contributed by atoms with Crippen LogP contribution in [0.3, 0.4) is 0 Å². The van der Waals surface area contributed by atoms with Gasteiger partial charge in [-0.2, -0.15) is 5.26 Å². The van der Waals surface area contributed by atoms with E-state index in [9.17, 15) is 14.0 Å². The van der Waals surface area contributed by atoms with Crippen molar-refractivity contribution in [3.8, 4) is 17.6 Å². The molecule has 0 unspecified atom stereocenters. The Hall–Kier alpha value is -3.87. The van der Waals surface area contributed by atoms with Crippen LogP contribution in [0, 0.1) is 17.1 Å². The summed E-state index contributed by atoms with van der Waals surface area (Å²) in [5.41, 5.74) is 1.51. The first-order chi connectivity index (χ1) is 14.4. The third kappa shape index (κ3) is 3.82. The maximum Gasteiger partial charge on any atom is 0.322 e. The number of nitrogens with one attached hydrogen (secondary N) is 2. The summed E-state index contributed by atoms with van der Waals surface area (Å²) < 4.78 is 25.2. The normalized spacial score (nSPS) is 15.5. The highest BCUT2D eigenvalue weighted by molar-refractivity contribution is 5.95. The number of halogens is 1. The summed E-state index contributed by atoms with van der Waals surface area (Å²) in [7, 11) is 0. The van der Waals surface area contributed by atoms with Crippen molar-refractivity contribution in [2.24, 2.45) is 0 Å². The van der Waals surface area contributed by atoms with Crippen LogP contribution in [-0.2, 0) is 11.3 Å². The van der Waals surface area contributed by atoms with Crippen molar-refractivity contribution < 1.29 is 23.5 Å². The fraction of sp³-hybridized carbons (Fsp3) is 0.300. The zero-order chi connectivity index (χ0) is 21.3. The Bertz CT molecular complexity index is 1070. The number of hydrogen-bond acceptors (Lipinski definition) is 6. The topological polar surface area (TPSA) is 117 Å². The molecule has 0 aliphatic carbocycles. The average Bonchev–Trinajstić information content (AvgIpc) is 2.72. The third-order valence-corrected chi connectivity index (χ3v) is 4.78. The number of benzene rings is 1. The van der Waals surface area contributed by atoms with E-state index < -0.39 is 23.8 Å². The van der Waals surface area contributed by atoms with Crippen molar-refractivity contribution in [1.82, 2.24) is 15.2 Å². The van der Waals surface area contributed by atoms with Crippen LogP contribution in [0.2, 0.25) is 0 Å². The molecule has 1 atom stereocenters. The molecular weight excluding hydrogens is 393 g/mol. The van der Waals surface area contributed by atoms with Gasteiger partial charge in [0.2, 0.25) is 5.91 Å². The lowest BCUT2D eigenvalue weighted by Crippen LogP contribution is -2.45. The highest BCUT2D eigenvalue weighted by atomic mass is 19.1. The van der Waals surface area contributed by atoms with Gasteiger partial charge < -0.3 is 25.0 Å². The van der Waals surface area contributed by atoms with Crippen LogP contribution in [0.5, 0.6) is 11.5 Å². The Kier molecular flexibility index (Phi) is 5.10. The van der Waals surface area contributed by atoms with Crippen molar-refractivity contribution >= 4 is 17.6 Å². The molecule has 3 heterocycles. The van der Waals surface area contributed by atoms with E-state index in [4.69, 9.17) is 14.7 Å². The molecule has 3 amide bonds. The van der Waals surface area contributed by atoms with Crippen LogP contribution in [-0.4, -0.2) is 41.6 Å². The molecule has 2 aliphatic heterocycles. The van der Waals surface area contributed by atoms with Crippen LogP contribution >= 0.6 is 0 Å². The average molecular weight is 411 g/mol. The summed E-state index contributed by atoms with van der Waals surface area (Å²) in [4.78, 5) is 30.1. The fourth-order valence-electron chi connectivity index (χ4n) is 3.33. The minimum atomic E-state index is -0.733. The van der Waals surface area contributed by atoms with Gasteiger partial charge >= 0.3 is 6.03 Å². The monoisotopic (exact) mass is 411 g/mol. The SMILES string of the molecule is C[C@@H](NC(=O)CN1Cc2cc3c(cc2NC1=O)OCCO3)c1ncc(C#N)cc1F. The molecule has 0 saturated carbocycles. The standard InChI is InChI=1S/C20H18FN5O4/c1-11(19-14(21)4-12(7-22)8-23-19)24-18(27)10-26-9-13-5-16-17(30-3-2-29-16)6-15(13)25-20(26)28/h4-6,8,11H,2-3,9-10H2,1H3,(H,24,27)(H,25,28)/t11-/m1/s1. The zero-order valence-corrected chi connectivity index (χ0v) is 16.1. The number of carbonyl (C=O) groups is 2. The number of ether oxygens (including phenoxy) is 2. The van der Waals surface area contributed by atoms with E-state index in [0.717, 1.165) is 11.6 Å². The Morgan fingerprint density at radius 1 is 1.37 bits per heavy atom. The number of anilines is 1. The summed E-state index contributed by atoms with van der Waals surface area (Å²) in [5.74, 6) is 0.0106. The number of urea groups is 1. The van der Waals surface area contributed by atoms with Crippen molar-refractivity contribution in [2.45, 2.75) is 19.5 Å². The summed E-state index contributed by atoms with van der Waals surface area (Å²) in [6.45, 7) is 2.45. The third-order valence-electron chi connectivity index (χ3n) is 4.78. The van der Waals surface area contributed by atoms with E-state index in [0.29, 0.717) is 30.4 Å². The van der Waals surface area contributed by atoms with Gasteiger partial charge in [-0.1, -0.05) is 0 Å². The van der Waals surface area contributed by atoms with E-state index >= 15 is 0 Å². The molecule has 2 aliphatic rings. The van der Waals surface area contributed by atoms with Gasteiger partial charge in [-0.3, -0.25) is 9.78 Å². The first-order valence-corrected chi connectivity index (χ1v) is 9.28. The molecule has 2 aromatic rings. The number of carbonyl (C=O) groups excluding carboxylic acids is 2. The minimum Gasteiger partial charge on any atom is -0.486 e. The quantitative estimate of drug-likeness (QED) is 0.796. The number of rotatable bonds is 4. The molecule has 1 aromatic heterocycles. The molecule has 4 rings (SSSR count). The summed E-state index contributed by atoms with van der Waals surface area (Å²) in [5, 5.41) is 14.2. The second kappa shape index (κ2) is 7.87. The van der Waals surface area contributed by atoms with Crippen LogP contribution in [0.4, 0.5) is 14.9 Å². The summed E-state index contributed by atoms with van der Waals surface area (Å²) in [6, 6.07) is 5.20. The molecule has 30 heavy (non-hydrogen) atoms. The van der Waals surface area contributed by atoms with E-state index in [1.165, 1.54) is 11.1 Å². The number of amides is 3. The predicted octanol–water partition coefficient (Wildman–Crippen LogP) is 2.09. The second-order valence-electron chi connectivity index (χ2n) is 6.93. The first-order valence-electron chi connectivity index (χ1n) is 9.28. The van der Waals surface area contributed by atoms with Gasteiger partial charge in [0.25, 0.3) is 0 Å². The molecule has 0 saturated heterocycles. The van der Waals surface area contributed by atoms with E-state index in [1.54, 1.807) is 25.1 Å². The zero-order valence-electron chi connectivity index (χ0n) is 16.1. The van der Waals surface area contributed by atoms with Crippen LogP contribution < -0.4 is 20.1 Å². The van der Waals surface area contributed by atoms with Crippen LogP contribution in [0.1, 0.15) is 29.8 Å². The molecule has 0 radical (unpaired) electrons. The van der Waals surface area contributed by atoms with E-state index in [2.05, 4.69) is 15.6 Å². The maximum atomic E-state index is 14.1. The van der Waals surface area contributed by atoms with E-state index in [-0.39, 0.29) is 24.3 Å². The maximum absolute atomic E-state index is 14.1.